The number of nitrogens with one attached hydrogen (secondary N) is 1. The monoisotopic (exact) mass is 346 g/mol. The van der Waals surface area contributed by atoms with Crippen LogP contribution in [0.3, 0.4) is 0 Å². The Kier molecular flexibility index (Phi) is 5.15. The Hall–Kier alpha value is -2.06. The fraction of sp³-hybridized carbons (Fsp3) is 0.529. The van der Waals surface area contributed by atoms with Crippen LogP contribution in [0.1, 0.15) is 45.9 Å². The number of carbonyl (C=O) groups excluding carboxylic acids is 1. The summed E-state index contributed by atoms with van der Waals surface area (Å²) in [4.78, 5) is 15.6. The van der Waals surface area contributed by atoms with E-state index in [-0.39, 0.29) is 5.91 Å². The number of hydrogen-bond acceptors (Lipinski definition) is 6. The maximum atomic E-state index is 11.4. The van der Waals surface area contributed by atoms with E-state index in [0.717, 1.165) is 16.7 Å². The number of amides is 1. The molecule has 0 saturated carbocycles. The summed E-state index contributed by atoms with van der Waals surface area (Å²) in [6, 6.07) is 1.76. The third-order valence-corrected chi connectivity index (χ3v) is 4.75. The number of hydrogen-bond donors (Lipinski definition) is 3. The highest BCUT2D eigenvalue weighted by Crippen LogP contribution is 2.38. The highest BCUT2D eigenvalue weighted by atomic mass is 16.7. The van der Waals surface area contributed by atoms with Crippen molar-refractivity contribution in [1.82, 2.24) is 10.3 Å². The Morgan fingerprint density at radius 3 is 2.36 bits per heavy atom. The maximum Gasteiger partial charge on any atom is 0.492 e. The Morgan fingerprint density at radius 1 is 1.28 bits per heavy atom. The minimum Gasteiger partial charge on any atom is -0.400 e. The van der Waals surface area contributed by atoms with Crippen molar-refractivity contribution in [3.63, 3.8) is 0 Å². The van der Waals surface area contributed by atoms with Crippen molar-refractivity contribution >= 4 is 30.6 Å². The van der Waals surface area contributed by atoms with Crippen molar-refractivity contribution in [2.75, 3.05) is 18.0 Å². The molecule has 0 unspecified atom stereocenters. The second-order valence-corrected chi connectivity index (χ2v) is 7.35. The minimum atomic E-state index is -0.574. The molecule has 1 aliphatic heterocycles. The molecule has 2 heterocycles. The number of aryl methyl sites for hydroxylation is 1. The van der Waals surface area contributed by atoms with Gasteiger partial charge in [-0.3, -0.25) is 4.79 Å². The van der Waals surface area contributed by atoms with Gasteiger partial charge >= 0.3 is 7.12 Å². The van der Waals surface area contributed by atoms with E-state index in [1.165, 1.54) is 6.92 Å². The Bertz CT molecular complexity index is 700. The van der Waals surface area contributed by atoms with E-state index in [1.54, 1.807) is 6.07 Å². The molecule has 1 amide bonds. The molecule has 1 fully saturated rings. The summed E-state index contributed by atoms with van der Waals surface area (Å²) in [5.41, 5.74) is 13.4. The zero-order valence-corrected chi connectivity index (χ0v) is 15.8. The Labute approximate surface area is 149 Å². The highest BCUT2D eigenvalue weighted by molar-refractivity contribution is 6.56. The van der Waals surface area contributed by atoms with E-state index in [1.807, 2.05) is 40.7 Å². The van der Waals surface area contributed by atoms with Gasteiger partial charge in [-0.25, -0.2) is 4.98 Å². The lowest BCUT2D eigenvalue weighted by molar-refractivity contribution is -0.118. The molecule has 5 N–H and O–H groups in total. The normalized spacial score (nSPS) is 19.1. The van der Waals surface area contributed by atoms with E-state index in [4.69, 9.17) is 20.8 Å². The lowest BCUT2D eigenvalue weighted by Crippen LogP contribution is -2.41. The van der Waals surface area contributed by atoms with Gasteiger partial charge in [0.05, 0.1) is 16.9 Å². The largest absolute Gasteiger partial charge is 0.492 e. The van der Waals surface area contributed by atoms with Crippen LogP contribution in [0.15, 0.2) is 11.5 Å². The third kappa shape index (κ3) is 4.14. The molecule has 1 aromatic heterocycles. The van der Waals surface area contributed by atoms with Crippen molar-refractivity contribution in [2.45, 2.75) is 52.7 Å². The van der Waals surface area contributed by atoms with Crippen LogP contribution in [0.5, 0.6) is 0 Å². The number of rotatable bonds is 4. The molecule has 0 spiro atoms. The van der Waals surface area contributed by atoms with Gasteiger partial charge in [-0.2, -0.15) is 0 Å². The molecule has 0 atom stereocenters. The van der Waals surface area contributed by atoms with Crippen molar-refractivity contribution < 1.29 is 14.1 Å². The molecule has 136 valence electrons. The molecule has 7 nitrogen and oxygen atoms in total. The first-order chi connectivity index (χ1) is 11.4. The number of carbonyl (C=O) groups is 1. The molecule has 25 heavy (non-hydrogen) atoms. The molecule has 8 heteroatoms. The molecule has 1 saturated heterocycles. The summed E-state index contributed by atoms with van der Waals surface area (Å²) >= 11 is 0. The summed E-state index contributed by atoms with van der Waals surface area (Å²) in [6.07, 6.45) is 1.89. The molecule has 1 aliphatic rings. The molecular weight excluding hydrogens is 319 g/mol. The predicted molar refractivity (Wildman–Crippen MR) is 101 cm³/mol. The number of anilines is 2. The number of pyridine rings is 1. The van der Waals surface area contributed by atoms with Crippen LogP contribution in [0.4, 0.5) is 11.5 Å². The summed E-state index contributed by atoms with van der Waals surface area (Å²) < 4.78 is 12.2. The van der Waals surface area contributed by atoms with Crippen LogP contribution >= 0.6 is 0 Å². The number of nitrogens with two attached hydrogens (primary N) is 2. The first-order valence-electron chi connectivity index (χ1n) is 8.26. The second-order valence-electron chi connectivity index (χ2n) is 7.35. The van der Waals surface area contributed by atoms with E-state index < -0.39 is 18.3 Å². The zero-order chi connectivity index (χ0) is 19.0. The van der Waals surface area contributed by atoms with E-state index in [9.17, 15) is 4.79 Å². The van der Waals surface area contributed by atoms with Gasteiger partial charge in [0.1, 0.15) is 5.82 Å². The smallest absolute Gasteiger partial charge is 0.400 e. The molecule has 2 rings (SSSR count). The third-order valence-electron chi connectivity index (χ3n) is 4.75. The molecule has 1 aromatic rings. The van der Waals surface area contributed by atoms with Crippen LogP contribution < -0.4 is 16.8 Å². The summed E-state index contributed by atoms with van der Waals surface area (Å²) in [5.74, 6) is 0.169. The summed E-state index contributed by atoms with van der Waals surface area (Å²) in [6.45, 7) is 11.6. The second kappa shape index (κ2) is 6.69. The van der Waals surface area contributed by atoms with Gasteiger partial charge in [0.25, 0.3) is 0 Å². The quantitative estimate of drug-likeness (QED) is 0.716. The van der Waals surface area contributed by atoms with Crippen LogP contribution in [-0.4, -0.2) is 35.8 Å². The topological polar surface area (TPSA) is 112 Å². The zero-order valence-electron chi connectivity index (χ0n) is 15.8. The van der Waals surface area contributed by atoms with Crippen LogP contribution in [0, 0.1) is 6.92 Å². The Balaban J connectivity index is 2.40. The van der Waals surface area contributed by atoms with Gasteiger partial charge in [-0.1, -0.05) is 6.08 Å². The molecule has 0 aromatic carbocycles. The number of aromatic nitrogens is 1. The molecule has 0 aliphatic carbocycles. The van der Waals surface area contributed by atoms with Gasteiger partial charge < -0.3 is 26.1 Å². The number of nitrogen functional groups attached to an aromatic ring is 2. The lowest BCUT2D eigenvalue weighted by Gasteiger charge is -2.32. The molecular formula is C17H27BN4O3. The standard InChI is InChI=1S/C17H27BN4O3/c1-10-12(8-14(19)15(20)22-10)7-13(9-21-11(2)23)18-24-16(3,4)17(5,6)25-18/h7-8H,9,19H2,1-6H3,(H2,20,22)(H,21,23). The van der Waals surface area contributed by atoms with Gasteiger partial charge in [0, 0.05) is 19.2 Å². The van der Waals surface area contributed by atoms with Gasteiger partial charge in [-0.15, -0.1) is 0 Å². The van der Waals surface area contributed by atoms with Crippen molar-refractivity contribution in [3.8, 4) is 0 Å². The minimum absolute atomic E-state index is 0.130. The van der Waals surface area contributed by atoms with Gasteiger partial charge in [0.15, 0.2) is 0 Å². The maximum absolute atomic E-state index is 11.4. The average Bonchev–Trinajstić information content (AvgIpc) is 2.68. The number of nitrogens with zero attached hydrogens (tertiary/aromatic N) is 1. The van der Waals surface area contributed by atoms with Crippen LogP contribution in [0.2, 0.25) is 0 Å². The summed E-state index contributed by atoms with van der Waals surface area (Å²) in [5, 5.41) is 2.80. The van der Waals surface area contributed by atoms with Gasteiger partial charge in [0.2, 0.25) is 5.91 Å². The highest BCUT2D eigenvalue weighted by Gasteiger charge is 2.52. The summed E-state index contributed by atoms with van der Waals surface area (Å²) in [7, 11) is -0.574. The van der Waals surface area contributed by atoms with E-state index in [0.29, 0.717) is 18.1 Å². The van der Waals surface area contributed by atoms with Crippen LogP contribution in [0.25, 0.3) is 6.08 Å². The predicted octanol–water partition coefficient (Wildman–Crippen LogP) is 1.71. The fourth-order valence-corrected chi connectivity index (χ4v) is 2.42. The Morgan fingerprint density at radius 2 is 1.84 bits per heavy atom. The van der Waals surface area contributed by atoms with E-state index in [2.05, 4.69) is 10.3 Å². The first kappa shape index (κ1) is 19.3. The van der Waals surface area contributed by atoms with E-state index >= 15 is 0 Å². The SMILES string of the molecule is CC(=O)NCC(=Cc1cc(N)c(N)nc1C)B1OC(C)(C)C(C)(C)O1. The molecule has 0 bridgehead atoms. The lowest BCUT2D eigenvalue weighted by atomic mass is 9.76. The van der Waals surface area contributed by atoms with Crippen molar-refractivity contribution in [1.29, 1.82) is 0 Å². The van der Waals surface area contributed by atoms with Crippen molar-refractivity contribution in [3.05, 3.63) is 22.8 Å². The average molecular weight is 346 g/mol. The fourth-order valence-electron chi connectivity index (χ4n) is 2.42. The first-order valence-corrected chi connectivity index (χ1v) is 8.26. The van der Waals surface area contributed by atoms with Gasteiger partial charge in [-0.05, 0) is 51.7 Å². The van der Waals surface area contributed by atoms with Crippen molar-refractivity contribution in [2.24, 2.45) is 0 Å². The van der Waals surface area contributed by atoms with Crippen LogP contribution in [-0.2, 0) is 14.1 Å². The molecule has 0 radical (unpaired) electrons.